The molecule has 6 heteroatoms. The van der Waals surface area contributed by atoms with Crippen molar-refractivity contribution in [2.75, 3.05) is 0 Å². The Labute approximate surface area is 114 Å². The Morgan fingerprint density at radius 3 is 1.65 bits per heavy atom. The molecular formula is C14H19F5O. The summed E-state index contributed by atoms with van der Waals surface area (Å²) in [4.78, 5) is 0. The maximum absolute atomic E-state index is 14.5. The van der Waals surface area contributed by atoms with Crippen molar-refractivity contribution in [1.82, 2.24) is 0 Å². The van der Waals surface area contributed by atoms with Gasteiger partial charge in [-0.05, 0) is 55.8 Å². The molecule has 20 heavy (non-hydrogen) atoms. The lowest BCUT2D eigenvalue weighted by atomic mass is 9.44. The van der Waals surface area contributed by atoms with Crippen molar-refractivity contribution in [3.63, 3.8) is 0 Å². The van der Waals surface area contributed by atoms with E-state index < -0.39 is 35.5 Å². The third kappa shape index (κ3) is 1.76. The van der Waals surface area contributed by atoms with E-state index in [2.05, 4.69) is 0 Å². The van der Waals surface area contributed by atoms with Gasteiger partial charge in [0.1, 0.15) is 0 Å². The summed E-state index contributed by atoms with van der Waals surface area (Å²) in [6, 6.07) is 0. The van der Waals surface area contributed by atoms with E-state index in [-0.39, 0.29) is 0 Å². The lowest BCUT2D eigenvalue weighted by molar-refractivity contribution is -0.328. The fraction of sp³-hybridized carbons (Fsp3) is 1.00. The van der Waals surface area contributed by atoms with Crippen LogP contribution >= 0.6 is 0 Å². The smallest absolute Gasteiger partial charge is 0.379 e. The van der Waals surface area contributed by atoms with Gasteiger partial charge in [0, 0.05) is 5.41 Å². The van der Waals surface area contributed by atoms with Gasteiger partial charge in [0.25, 0.3) is 5.92 Å². The van der Waals surface area contributed by atoms with Gasteiger partial charge in [0.05, 0.1) is 0 Å². The normalized spacial score (nSPS) is 45.8. The third-order valence-corrected chi connectivity index (χ3v) is 6.21. The van der Waals surface area contributed by atoms with Crippen LogP contribution in [0.5, 0.6) is 0 Å². The molecule has 0 amide bonds. The summed E-state index contributed by atoms with van der Waals surface area (Å²) >= 11 is 0. The molecule has 1 unspecified atom stereocenters. The SMILES string of the molecule is CC1(C(F)(F)C(O)C(F)(F)F)C2CC3CC(C2)CC1C3. The molecule has 4 fully saturated rings. The van der Waals surface area contributed by atoms with Crippen molar-refractivity contribution in [3.8, 4) is 0 Å². The first kappa shape index (κ1) is 14.5. The molecule has 4 rings (SSSR count). The van der Waals surface area contributed by atoms with Crippen molar-refractivity contribution in [2.45, 2.75) is 57.2 Å². The summed E-state index contributed by atoms with van der Waals surface area (Å²) < 4.78 is 66.8. The second kappa shape index (κ2) is 4.08. The summed E-state index contributed by atoms with van der Waals surface area (Å²) in [5, 5.41) is 9.19. The monoisotopic (exact) mass is 298 g/mol. The van der Waals surface area contributed by atoms with Gasteiger partial charge in [0.2, 0.25) is 6.10 Å². The van der Waals surface area contributed by atoms with E-state index in [9.17, 15) is 27.1 Å². The van der Waals surface area contributed by atoms with Crippen LogP contribution in [-0.2, 0) is 0 Å². The second-order valence-electron chi connectivity index (χ2n) is 7.15. The lowest BCUT2D eigenvalue weighted by Gasteiger charge is -2.62. The third-order valence-electron chi connectivity index (χ3n) is 6.21. The number of halogens is 5. The standard InChI is InChI=1S/C14H19F5O/c1-12(13(15,16)11(20)14(17,18)19)9-3-7-2-8(5-9)6-10(12)4-7/h7-11,20H,2-6H2,1H3. The van der Waals surface area contributed by atoms with Gasteiger partial charge in [-0.3, -0.25) is 0 Å². The largest absolute Gasteiger partial charge is 0.420 e. The fourth-order valence-corrected chi connectivity index (χ4v) is 5.21. The highest BCUT2D eigenvalue weighted by atomic mass is 19.4. The van der Waals surface area contributed by atoms with E-state index in [0.717, 1.165) is 6.42 Å². The Hall–Kier alpha value is -0.390. The maximum Gasteiger partial charge on any atom is 0.420 e. The Kier molecular flexibility index (Phi) is 2.97. The average Bonchev–Trinajstić information content (AvgIpc) is 2.32. The van der Waals surface area contributed by atoms with Gasteiger partial charge < -0.3 is 5.11 Å². The molecule has 4 aliphatic rings. The average molecular weight is 298 g/mol. The maximum atomic E-state index is 14.5. The number of aliphatic hydroxyl groups excluding tert-OH is 1. The zero-order valence-electron chi connectivity index (χ0n) is 11.3. The van der Waals surface area contributed by atoms with Gasteiger partial charge >= 0.3 is 6.18 Å². The van der Waals surface area contributed by atoms with Gasteiger partial charge in [-0.1, -0.05) is 6.92 Å². The number of rotatable bonds is 2. The Bertz CT molecular complexity index is 375. The highest BCUT2D eigenvalue weighted by Crippen LogP contribution is 2.67. The number of hydrogen-bond donors (Lipinski definition) is 1. The van der Waals surface area contributed by atoms with Crippen LogP contribution in [0.4, 0.5) is 22.0 Å². The van der Waals surface area contributed by atoms with E-state index in [1.807, 2.05) is 0 Å². The zero-order chi connectivity index (χ0) is 14.9. The van der Waals surface area contributed by atoms with Crippen LogP contribution in [-0.4, -0.2) is 23.3 Å². The molecule has 1 N–H and O–H groups in total. The molecule has 1 nitrogen and oxygen atoms in total. The van der Waals surface area contributed by atoms with E-state index in [1.54, 1.807) is 0 Å². The van der Waals surface area contributed by atoms with Gasteiger partial charge in [-0.2, -0.15) is 13.2 Å². The van der Waals surface area contributed by atoms with E-state index in [4.69, 9.17) is 0 Å². The van der Waals surface area contributed by atoms with Crippen LogP contribution in [0.3, 0.4) is 0 Å². The molecule has 116 valence electrons. The van der Waals surface area contributed by atoms with Crippen LogP contribution in [0, 0.1) is 29.1 Å². The molecule has 4 saturated carbocycles. The summed E-state index contributed by atoms with van der Waals surface area (Å²) in [6.45, 7) is 1.27. The Morgan fingerprint density at radius 1 is 0.900 bits per heavy atom. The minimum atomic E-state index is -5.28. The molecule has 0 radical (unpaired) electrons. The van der Waals surface area contributed by atoms with Crippen molar-refractivity contribution < 1.29 is 27.1 Å². The van der Waals surface area contributed by atoms with Crippen LogP contribution < -0.4 is 0 Å². The van der Waals surface area contributed by atoms with Gasteiger partial charge in [0.15, 0.2) is 0 Å². The second-order valence-corrected chi connectivity index (χ2v) is 7.15. The molecule has 4 aliphatic carbocycles. The van der Waals surface area contributed by atoms with E-state index >= 15 is 0 Å². The van der Waals surface area contributed by atoms with E-state index in [1.165, 1.54) is 6.92 Å². The van der Waals surface area contributed by atoms with Crippen LogP contribution in [0.25, 0.3) is 0 Å². The Morgan fingerprint density at radius 2 is 1.30 bits per heavy atom. The lowest BCUT2D eigenvalue weighted by Crippen LogP contribution is -2.65. The zero-order valence-corrected chi connectivity index (χ0v) is 11.3. The quantitative estimate of drug-likeness (QED) is 0.764. The van der Waals surface area contributed by atoms with E-state index in [0.29, 0.717) is 37.5 Å². The fourth-order valence-electron chi connectivity index (χ4n) is 5.21. The van der Waals surface area contributed by atoms with Crippen molar-refractivity contribution >= 4 is 0 Å². The topological polar surface area (TPSA) is 20.2 Å². The van der Waals surface area contributed by atoms with Crippen LogP contribution in [0.15, 0.2) is 0 Å². The summed E-state index contributed by atoms with van der Waals surface area (Å²) in [5.74, 6) is -4.13. The molecule has 0 aromatic carbocycles. The summed E-state index contributed by atoms with van der Waals surface area (Å²) in [6.07, 6.45) is -5.45. The summed E-state index contributed by atoms with van der Waals surface area (Å²) in [5.41, 5.74) is -1.73. The molecule has 0 aromatic rings. The number of alkyl halides is 5. The molecule has 0 aliphatic heterocycles. The van der Waals surface area contributed by atoms with Gasteiger partial charge in [-0.15, -0.1) is 0 Å². The molecule has 0 aromatic heterocycles. The van der Waals surface area contributed by atoms with Crippen molar-refractivity contribution in [1.29, 1.82) is 0 Å². The molecule has 0 saturated heterocycles. The Balaban J connectivity index is 1.95. The minimum Gasteiger partial charge on any atom is -0.379 e. The predicted molar refractivity (Wildman–Crippen MR) is 62.2 cm³/mol. The first-order valence-electron chi connectivity index (χ1n) is 7.19. The highest BCUT2D eigenvalue weighted by molar-refractivity contribution is 5.11. The van der Waals surface area contributed by atoms with Crippen LogP contribution in [0.2, 0.25) is 0 Å². The molecule has 4 bridgehead atoms. The first-order chi connectivity index (χ1) is 9.06. The number of aliphatic hydroxyl groups is 1. The molecule has 1 atom stereocenters. The molecular weight excluding hydrogens is 279 g/mol. The highest BCUT2D eigenvalue weighted by Gasteiger charge is 2.71. The molecule has 0 spiro atoms. The first-order valence-corrected chi connectivity index (χ1v) is 7.19. The van der Waals surface area contributed by atoms with Crippen LogP contribution in [0.1, 0.15) is 39.0 Å². The van der Waals surface area contributed by atoms with Crippen molar-refractivity contribution in [2.24, 2.45) is 29.1 Å². The summed E-state index contributed by atoms with van der Waals surface area (Å²) in [7, 11) is 0. The number of hydrogen-bond acceptors (Lipinski definition) is 1. The minimum absolute atomic E-state index is 0.393. The molecule has 0 heterocycles. The predicted octanol–water partition coefficient (Wildman–Crippen LogP) is 4.01. The van der Waals surface area contributed by atoms with Crippen molar-refractivity contribution in [3.05, 3.63) is 0 Å². The van der Waals surface area contributed by atoms with Gasteiger partial charge in [-0.25, -0.2) is 8.78 Å².